The maximum atomic E-state index is 6.00. The van der Waals surface area contributed by atoms with E-state index in [1.165, 1.54) is 0 Å². The van der Waals surface area contributed by atoms with Gasteiger partial charge >= 0.3 is 0 Å². The molecule has 0 amide bonds. The summed E-state index contributed by atoms with van der Waals surface area (Å²) in [5, 5.41) is 8.86. The Labute approximate surface area is 87.7 Å². The number of pyridine rings is 1. The predicted octanol–water partition coefficient (Wildman–Crippen LogP) is 2.68. The van der Waals surface area contributed by atoms with Crippen molar-refractivity contribution in [1.29, 1.82) is 0 Å². The lowest BCUT2D eigenvalue weighted by atomic mass is 9.96. The fraction of sp³-hybridized carbons (Fsp3) is 0.400. The SMILES string of the molecule is CC(C)(C)c1nnc2c(Cl)cccn12. The zero-order valence-electron chi connectivity index (χ0n) is 8.45. The third kappa shape index (κ3) is 1.38. The van der Waals surface area contributed by atoms with Crippen LogP contribution in [0, 0.1) is 0 Å². The lowest BCUT2D eigenvalue weighted by Gasteiger charge is -2.15. The number of rotatable bonds is 0. The second-order valence-corrected chi connectivity index (χ2v) is 4.73. The van der Waals surface area contributed by atoms with Crippen LogP contribution in [0.1, 0.15) is 26.6 Å². The molecule has 0 saturated carbocycles. The molecule has 4 heteroatoms. The summed E-state index contributed by atoms with van der Waals surface area (Å²) >= 11 is 6.00. The molecular formula is C10H12ClN3. The minimum atomic E-state index is -0.0237. The van der Waals surface area contributed by atoms with Crippen molar-refractivity contribution in [2.45, 2.75) is 26.2 Å². The van der Waals surface area contributed by atoms with Gasteiger partial charge in [0.25, 0.3) is 0 Å². The molecule has 0 aromatic carbocycles. The Morgan fingerprint density at radius 1 is 1.29 bits per heavy atom. The molecule has 0 radical (unpaired) electrons. The van der Waals surface area contributed by atoms with E-state index >= 15 is 0 Å². The van der Waals surface area contributed by atoms with Gasteiger partial charge in [0.05, 0.1) is 5.02 Å². The Bertz CT molecular complexity index is 468. The highest BCUT2D eigenvalue weighted by Crippen LogP contribution is 2.23. The number of hydrogen-bond donors (Lipinski definition) is 0. The van der Waals surface area contributed by atoms with Gasteiger partial charge in [-0.05, 0) is 12.1 Å². The fourth-order valence-electron chi connectivity index (χ4n) is 1.39. The van der Waals surface area contributed by atoms with Crippen LogP contribution in [0.25, 0.3) is 5.65 Å². The average Bonchev–Trinajstić information content (AvgIpc) is 2.47. The van der Waals surface area contributed by atoms with Crippen LogP contribution in [-0.2, 0) is 5.41 Å². The van der Waals surface area contributed by atoms with Gasteiger partial charge in [-0.15, -0.1) is 10.2 Å². The highest BCUT2D eigenvalue weighted by molar-refractivity contribution is 6.33. The van der Waals surface area contributed by atoms with Crippen molar-refractivity contribution in [3.8, 4) is 0 Å². The van der Waals surface area contributed by atoms with E-state index in [4.69, 9.17) is 11.6 Å². The second kappa shape index (κ2) is 2.95. The second-order valence-electron chi connectivity index (χ2n) is 4.32. The fourth-order valence-corrected chi connectivity index (χ4v) is 1.60. The van der Waals surface area contributed by atoms with E-state index in [0.29, 0.717) is 5.02 Å². The van der Waals surface area contributed by atoms with Crippen LogP contribution >= 0.6 is 11.6 Å². The van der Waals surface area contributed by atoms with Crippen molar-refractivity contribution in [3.05, 3.63) is 29.2 Å². The summed E-state index contributed by atoms with van der Waals surface area (Å²) in [4.78, 5) is 0. The van der Waals surface area contributed by atoms with Crippen LogP contribution < -0.4 is 0 Å². The van der Waals surface area contributed by atoms with Crippen molar-refractivity contribution in [3.63, 3.8) is 0 Å². The quantitative estimate of drug-likeness (QED) is 0.668. The van der Waals surface area contributed by atoms with Gasteiger partial charge in [-0.3, -0.25) is 4.40 Å². The van der Waals surface area contributed by atoms with Crippen LogP contribution in [0.4, 0.5) is 0 Å². The first kappa shape index (κ1) is 9.46. The van der Waals surface area contributed by atoms with Gasteiger partial charge in [-0.1, -0.05) is 32.4 Å². The van der Waals surface area contributed by atoms with Crippen molar-refractivity contribution >= 4 is 17.2 Å². The van der Waals surface area contributed by atoms with E-state index in [9.17, 15) is 0 Å². The maximum Gasteiger partial charge on any atom is 0.179 e. The molecule has 74 valence electrons. The molecule has 3 nitrogen and oxygen atoms in total. The lowest BCUT2D eigenvalue weighted by Crippen LogP contribution is -2.15. The summed E-state index contributed by atoms with van der Waals surface area (Å²) in [6, 6.07) is 3.71. The van der Waals surface area contributed by atoms with Crippen LogP contribution in [-0.4, -0.2) is 14.6 Å². The first-order chi connectivity index (χ1) is 6.50. The molecule has 0 atom stereocenters. The van der Waals surface area contributed by atoms with Gasteiger partial charge in [0.15, 0.2) is 5.65 Å². The number of nitrogens with zero attached hydrogens (tertiary/aromatic N) is 3. The average molecular weight is 210 g/mol. The van der Waals surface area contributed by atoms with Crippen LogP contribution in [0.3, 0.4) is 0 Å². The first-order valence-corrected chi connectivity index (χ1v) is 4.87. The van der Waals surface area contributed by atoms with E-state index in [1.807, 2.05) is 22.7 Å². The third-order valence-electron chi connectivity index (χ3n) is 2.06. The van der Waals surface area contributed by atoms with Gasteiger partial charge in [0.1, 0.15) is 5.82 Å². The first-order valence-electron chi connectivity index (χ1n) is 4.50. The normalized spacial score (nSPS) is 12.3. The zero-order chi connectivity index (χ0) is 10.3. The van der Waals surface area contributed by atoms with Gasteiger partial charge in [-0.2, -0.15) is 0 Å². The summed E-state index contributed by atoms with van der Waals surface area (Å²) in [6.07, 6.45) is 1.93. The van der Waals surface area contributed by atoms with Gasteiger partial charge in [0.2, 0.25) is 0 Å². The van der Waals surface area contributed by atoms with E-state index in [-0.39, 0.29) is 5.41 Å². The molecule has 0 saturated heterocycles. The van der Waals surface area contributed by atoms with E-state index in [2.05, 4.69) is 31.0 Å². The minimum Gasteiger partial charge on any atom is -0.285 e. The molecule has 2 aromatic rings. The van der Waals surface area contributed by atoms with E-state index in [0.717, 1.165) is 11.5 Å². The number of halogens is 1. The standard InChI is InChI=1S/C10H12ClN3/c1-10(2,3)9-13-12-8-7(11)5-4-6-14(8)9/h4-6H,1-3H3. The molecule has 2 rings (SSSR count). The van der Waals surface area contributed by atoms with Gasteiger partial charge in [0, 0.05) is 11.6 Å². The Morgan fingerprint density at radius 3 is 2.64 bits per heavy atom. The highest BCUT2D eigenvalue weighted by atomic mass is 35.5. The Balaban J connectivity index is 2.76. The Kier molecular flexibility index (Phi) is 2.00. The van der Waals surface area contributed by atoms with Gasteiger partial charge < -0.3 is 0 Å². The molecular weight excluding hydrogens is 198 g/mol. The molecule has 0 fully saturated rings. The lowest BCUT2D eigenvalue weighted by molar-refractivity contribution is 0.539. The maximum absolute atomic E-state index is 6.00. The Morgan fingerprint density at radius 2 is 2.00 bits per heavy atom. The smallest absolute Gasteiger partial charge is 0.179 e. The largest absolute Gasteiger partial charge is 0.285 e. The molecule has 0 N–H and O–H groups in total. The molecule has 0 aliphatic carbocycles. The van der Waals surface area contributed by atoms with Crippen molar-refractivity contribution in [2.24, 2.45) is 0 Å². The summed E-state index contributed by atoms with van der Waals surface area (Å²) in [6.45, 7) is 6.30. The van der Waals surface area contributed by atoms with Crippen molar-refractivity contribution in [1.82, 2.24) is 14.6 Å². The number of aromatic nitrogens is 3. The molecule has 0 unspecified atom stereocenters. The molecule has 0 bridgehead atoms. The van der Waals surface area contributed by atoms with Crippen LogP contribution in [0.2, 0.25) is 5.02 Å². The van der Waals surface area contributed by atoms with Crippen LogP contribution in [0.5, 0.6) is 0 Å². The molecule has 2 aromatic heterocycles. The third-order valence-corrected chi connectivity index (χ3v) is 2.35. The molecule has 14 heavy (non-hydrogen) atoms. The zero-order valence-corrected chi connectivity index (χ0v) is 9.21. The molecule has 0 aliphatic rings. The minimum absolute atomic E-state index is 0.0237. The van der Waals surface area contributed by atoms with E-state index in [1.54, 1.807) is 0 Å². The monoisotopic (exact) mass is 209 g/mol. The summed E-state index contributed by atoms with van der Waals surface area (Å²) < 4.78 is 1.93. The van der Waals surface area contributed by atoms with E-state index < -0.39 is 0 Å². The molecule has 0 aliphatic heterocycles. The summed E-state index contributed by atoms with van der Waals surface area (Å²) in [5.74, 6) is 0.926. The van der Waals surface area contributed by atoms with Crippen LogP contribution in [0.15, 0.2) is 18.3 Å². The van der Waals surface area contributed by atoms with Gasteiger partial charge in [-0.25, -0.2) is 0 Å². The summed E-state index contributed by atoms with van der Waals surface area (Å²) in [7, 11) is 0. The number of fused-ring (bicyclic) bond motifs is 1. The Hall–Kier alpha value is -1.09. The topological polar surface area (TPSA) is 30.2 Å². The van der Waals surface area contributed by atoms with Crippen molar-refractivity contribution < 1.29 is 0 Å². The number of hydrogen-bond acceptors (Lipinski definition) is 2. The molecule has 0 spiro atoms. The van der Waals surface area contributed by atoms with Crippen molar-refractivity contribution in [2.75, 3.05) is 0 Å². The highest BCUT2D eigenvalue weighted by Gasteiger charge is 2.21. The molecule has 2 heterocycles. The summed E-state index contributed by atoms with van der Waals surface area (Å²) in [5.41, 5.74) is 0.698. The predicted molar refractivity (Wildman–Crippen MR) is 56.7 cm³/mol.